The summed E-state index contributed by atoms with van der Waals surface area (Å²) in [5.74, 6) is 0. The number of rotatable bonds is 4. The predicted octanol–water partition coefficient (Wildman–Crippen LogP) is 13.6. The molecule has 4 heterocycles. The fourth-order valence-corrected chi connectivity index (χ4v) is 6.86. The van der Waals surface area contributed by atoms with Gasteiger partial charge >= 0.3 is 0 Å². The van der Waals surface area contributed by atoms with Gasteiger partial charge in [0.15, 0.2) is 0 Å². The van der Waals surface area contributed by atoms with Crippen LogP contribution in [0.2, 0.25) is 0 Å². The first-order valence-corrected chi connectivity index (χ1v) is 17.7. The van der Waals surface area contributed by atoms with E-state index < -0.39 is 34.3 Å². The molecule has 57 heavy (non-hydrogen) atoms. The molecule has 10 rings (SSSR count). The molecule has 0 amide bonds. The zero-order valence-corrected chi connectivity index (χ0v) is 32.3. The van der Waals surface area contributed by atoms with Crippen LogP contribution in [0.4, 0.5) is 0 Å². The van der Waals surface area contributed by atoms with Crippen LogP contribution in [0.25, 0.3) is 88.4 Å². The summed E-state index contributed by atoms with van der Waals surface area (Å²) >= 11 is 0. The molecule has 4 aromatic heterocycles. The molecule has 5 heteroatoms. The SMILES string of the molecule is [2H]C([2H])([2H])c1c[c-]c(-c2ccc(C([2H])([2H])[2H])cn2)cc1.[2H]C([2H])([2H])c1ccc2ccc3c4cc[c-]c(-c5cc(-c6cc7ccc(-c8ccccc8)cc7cc6C([2H])([2H])[2H])c(C([2H])([2H])[2H])cn5)c4oc3c2n1.[Ir]. The average Bonchev–Trinajstić information content (AvgIpc) is 3.72. The number of benzene rings is 6. The molecular formula is C52H39IrN3O-2. The molecule has 0 spiro atoms. The minimum Gasteiger partial charge on any atom is -0.498 e. The first-order valence-electron chi connectivity index (χ1n) is 25.2. The Bertz CT molecular complexity index is 3560. The molecule has 0 N–H and O–H groups in total. The quantitative estimate of drug-likeness (QED) is 0.165. The second-order valence-electron chi connectivity index (χ2n) is 13.3. The van der Waals surface area contributed by atoms with Crippen LogP contribution in [0.1, 0.15) is 48.5 Å². The van der Waals surface area contributed by atoms with E-state index in [-0.39, 0.29) is 59.2 Å². The van der Waals surface area contributed by atoms with Gasteiger partial charge in [-0.2, -0.15) is 0 Å². The monoisotopic (exact) mass is 929 g/mol. The van der Waals surface area contributed by atoms with Crippen LogP contribution in [0.5, 0.6) is 0 Å². The van der Waals surface area contributed by atoms with E-state index in [1.54, 1.807) is 42.5 Å². The van der Waals surface area contributed by atoms with Gasteiger partial charge in [0.25, 0.3) is 0 Å². The Kier molecular flexibility index (Phi) is 6.54. The fourth-order valence-electron chi connectivity index (χ4n) is 6.86. The van der Waals surface area contributed by atoms with Crippen molar-refractivity contribution in [3.8, 4) is 44.8 Å². The predicted molar refractivity (Wildman–Crippen MR) is 232 cm³/mol. The molecule has 0 atom stereocenters. The van der Waals surface area contributed by atoms with Crippen LogP contribution < -0.4 is 0 Å². The van der Waals surface area contributed by atoms with E-state index in [0.717, 1.165) is 16.5 Å². The molecule has 0 aliphatic rings. The molecule has 1 radical (unpaired) electrons. The summed E-state index contributed by atoms with van der Waals surface area (Å²) < 4.78 is 124. The number of aromatic nitrogens is 3. The number of furan rings is 1. The van der Waals surface area contributed by atoms with Crippen molar-refractivity contribution in [1.29, 1.82) is 0 Å². The van der Waals surface area contributed by atoms with Gasteiger partial charge in [0, 0.05) is 69.5 Å². The topological polar surface area (TPSA) is 51.8 Å². The number of fused-ring (bicyclic) bond motifs is 6. The van der Waals surface area contributed by atoms with Gasteiger partial charge in [0.2, 0.25) is 0 Å². The second kappa shape index (κ2) is 15.7. The number of hydrogen-bond donors (Lipinski definition) is 0. The molecule has 10 aromatic rings. The van der Waals surface area contributed by atoms with Gasteiger partial charge in [-0.1, -0.05) is 103 Å². The van der Waals surface area contributed by atoms with E-state index in [1.807, 2.05) is 66.7 Å². The summed E-state index contributed by atoms with van der Waals surface area (Å²) in [4.78, 5) is 13.1. The third kappa shape index (κ3) is 7.40. The summed E-state index contributed by atoms with van der Waals surface area (Å²) in [7, 11) is 0. The number of aryl methyl sites for hydroxylation is 5. The number of nitrogens with zero attached hydrogens (tertiary/aromatic N) is 3. The van der Waals surface area contributed by atoms with E-state index in [9.17, 15) is 0 Å². The van der Waals surface area contributed by atoms with Gasteiger partial charge in [-0.3, -0.25) is 0 Å². The maximum atomic E-state index is 8.50. The minimum absolute atomic E-state index is 0. The molecule has 0 saturated carbocycles. The molecule has 0 aliphatic heterocycles. The van der Waals surface area contributed by atoms with E-state index in [0.29, 0.717) is 60.7 Å². The number of hydrogen-bond acceptors (Lipinski definition) is 4. The average molecular weight is 929 g/mol. The van der Waals surface area contributed by atoms with Crippen LogP contribution in [-0.2, 0) is 20.1 Å². The molecular weight excluding hydrogens is 875 g/mol. The summed E-state index contributed by atoms with van der Waals surface area (Å²) in [5, 5.41) is 3.56. The first kappa shape index (κ1) is 23.7. The van der Waals surface area contributed by atoms with Crippen LogP contribution in [0, 0.1) is 46.4 Å². The molecule has 6 aromatic carbocycles. The van der Waals surface area contributed by atoms with Gasteiger partial charge in [0.05, 0.1) is 5.58 Å². The van der Waals surface area contributed by atoms with E-state index in [2.05, 4.69) is 27.1 Å². The first-order chi connectivity index (χ1) is 33.3. The van der Waals surface area contributed by atoms with Crippen molar-refractivity contribution in [2.45, 2.75) is 34.3 Å². The van der Waals surface area contributed by atoms with Crippen LogP contribution in [0.3, 0.4) is 0 Å². The van der Waals surface area contributed by atoms with Crippen LogP contribution in [0.15, 0.2) is 150 Å². The zero-order valence-electron chi connectivity index (χ0n) is 44.9. The molecule has 0 bridgehead atoms. The second-order valence-corrected chi connectivity index (χ2v) is 13.3. The van der Waals surface area contributed by atoms with Gasteiger partial charge in [-0.05, 0) is 107 Å². The van der Waals surface area contributed by atoms with Crippen molar-refractivity contribution in [2.75, 3.05) is 0 Å². The van der Waals surface area contributed by atoms with Crippen LogP contribution in [-0.4, -0.2) is 15.0 Å². The normalized spacial score (nSPS) is 16.1. The molecule has 0 unspecified atom stereocenters. The van der Waals surface area contributed by atoms with Gasteiger partial charge in [0.1, 0.15) is 11.1 Å². The Morgan fingerprint density at radius 2 is 1.37 bits per heavy atom. The van der Waals surface area contributed by atoms with E-state index in [1.165, 1.54) is 36.7 Å². The molecule has 0 aliphatic carbocycles. The van der Waals surface area contributed by atoms with Crippen molar-refractivity contribution < 1.29 is 45.1 Å². The summed E-state index contributed by atoms with van der Waals surface area (Å²) in [6.45, 7) is -11.9. The molecule has 4 nitrogen and oxygen atoms in total. The zero-order chi connectivity index (χ0) is 50.8. The van der Waals surface area contributed by atoms with Gasteiger partial charge in [-0.25, -0.2) is 4.98 Å². The third-order valence-corrected chi connectivity index (χ3v) is 9.65. The maximum Gasteiger partial charge on any atom is 0.147 e. The molecule has 0 fully saturated rings. The van der Waals surface area contributed by atoms with Crippen molar-refractivity contribution in [1.82, 2.24) is 15.0 Å². The smallest absolute Gasteiger partial charge is 0.147 e. The Labute approximate surface area is 367 Å². The molecule has 0 saturated heterocycles. The minimum atomic E-state index is -2.61. The summed E-state index contributed by atoms with van der Waals surface area (Å²) in [6, 6.07) is 44.5. The standard InChI is InChI=1S/C39H27N2O.C13H12N.Ir/c1-23-18-30-19-28(26-8-5-4-6-9-26)14-15-29(30)20-34(23)35-21-36(40-22-24(35)2)33-11-7-10-31-32-17-16-27-13-12-25(3)41-37(27)39(32)42-38(31)33;1-10-3-6-12(7-4-10)13-8-5-11(2)9-14-13;/h4-10,12-22H,1-3H3;3-6,8-9H,1-2H3;/q2*-1;/i1D3,2D3,3D3;1D3,2D3;. The number of pyridine rings is 3. The van der Waals surface area contributed by atoms with E-state index in [4.69, 9.17) is 25.0 Å². The third-order valence-electron chi connectivity index (χ3n) is 9.65. The van der Waals surface area contributed by atoms with Crippen LogP contribution >= 0.6 is 0 Å². The van der Waals surface area contributed by atoms with Gasteiger partial charge in [-0.15, -0.1) is 53.6 Å². The van der Waals surface area contributed by atoms with Crippen molar-refractivity contribution in [3.05, 3.63) is 186 Å². The van der Waals surface area contributed by atoms with Crippen molar-refractivity contribution >= 4 is 43.6 Å². The Hall–Kier alpha value is -6.26. The Morgan fingerprint density at radius 1 is 0.561 bits per heavy atom. The summed E-state index contributed by atoms with van der Waals surface area (Å²) in [6.07, 6.45) is 2.56. The Morgan fingerprint density at radius 3 is 2.16 bits per heavy atom. The largest absolute Gasteiger partial charge is 0.498 e. The van der Waals surface area contributed by atoms with E-state index >= 15 is 0 Å². The van der Waals surface area contributed by atoms with Crippen molar-refractivity contribution in [3.63, 3.8) is 0 Å². The van der Waals surface area contributed by atoms with Gasteiger partial charge < -0.3 is 14.4 Å². The van der Waals surface area contributed by atoms with Crippen molar-refractivity contribution in [2.24, 2.45) is 0 Å². The Balaban J connectivity index is 0.000000278. The maximum absolute atomic E-state index is 8.50. The molecule has 279 valence electrons. The summed E-state index contributed by atoms with van der Waals surface area (Å²) in [5.41, 5.74) is 5.70. The fraction of sp³-hybridized carbons (Fsp3) is 0.0962.